The number of hydrogen-bond donors (Lipinski definition) is 1. The maximum absolute atomic E-state index is 13.1. The second-order valence-electron chi connectivity index (χ2n) is 8.47. The van der Waals surface area contributed by atoms with E-state index in [1.54, 1.807) is 0 Å². The Bertz CT molecular complexity index is 1200. The van der Waals surface area contributed by atoms with Gasteiger partial charge in [-0.25, -0.2) is 4.79 Å². The second-order valence-corrected chi connectivity index (χ2v) is 8.47. The van der Waals surface area contributed by atoms with Crippen molar-refractivity contribution in [3.8, 4) is 22.5 Å². The fourth-order valence-corrected chi connectivity index (χ4v) is 4.18. The van der Waals surface area contributed by atoms with E-state index in [9.17, 15) is 4.79 Å². The van der Waals surface area contributed by atoms with Crippen LogP contribution >= 0.6 is 0 Å². The topological polar surface area (TPSA) is 81.4 Å². The molecule has 4 aromatic rings. The van der Waals surface area contributed by atoms with Gasteiger partial charge in [0.25, 0.3) is 0 Å². The number of rotatable bonds is 11. The Balaban J connectivity index is 1.58. The summed E-state index contributed by atoms with van der Waals surface area (Å²) in [5, 5.41) is 14.5. The van der Waals surface area contributed by atoms with E-state index in [-0.39, 0.29) is 5.69 Å². The van der Waals surface area contributed by atoms with Crippen molar-refractivity contribution in [2.24, 2.45) is 0 Å². The SMILES string of the molecule is CCCCCn1cc(CCCC)n(Cc2ccc(-c3ccccc3-c3nn[nH]n3)cc2)c1=O. The Morgan fingerprint density at radius 2 is 1.67 bits per heavy atom. The van der Waals surface area contributed by atoms with E-state index < -0.39 is 0 Å². The van der Waals surface area contributed by atoms with Crippen molar-refractivity contribution in [2.45, 2.75) is 65.5 Å². The second kappa shape index (κ2) is 10.9. The van der Waals surface area contributed by atoms with Gasteiger partial charge >= 0.3 is 5.69 Å². The summed E-state index contributed by atoms with van der Waals surface area (Å²) in [6, 6.07) is 16.4. The van der Waals surface area contributed by atoms with Gasteiger partial charge in [0.15, 0.2) is 0 Å². The lowest BCUT2D eigenvalue weighted by Crippen LogP contribution is -2.25. The van der Waals surface area contributed by atoms with Gasteiger partial charge in [-0.15, -0.1) is 10.2 Å². The van der Waals surface area contributed by atoms with Crippen LogP contribution in [0.15, 0.2) is 59.5 Å². The minimum atomic E-state index is 0.101. The van der Waals surface area contributed by atoms with E-state index in [1.165, 1.54) is 0 Å². The predicted octanol–water partition coefficient (Wildman–Crippen LogP) is 5.08. The van der Waals surface area contributed by atoms with Crippen molar-refractivity contribution >= 4 is 0 Å². The first-order chi connectivity index (χ1) is 16.2. The summed E-state index contributed by atoms with van der Waals surface area (Å²) >= 11 is 0. The number of tetrazole rings is 1. The molecule has 0 saturated heterocycles. The Morgan fingerprint density at radius 1 is 0.909 bits per heavy atom. The van der Waals surface area contributed by atoms with Gasteiger partial charge in [0, 0.05) is 24.0 Å². The van der Waals surface area contributed by atoms with Gasteiger partial charge in [-0.05, 0) is 41.2 Å². The van der Waals surface area contributed by atoms with Crippen molar-refractivity contribution in [3.63, 3.8) is 0 Å². The fourth-order valence-electron chi connectivity index (χ4n) is 4.18. The average molecular weight is 445 g/mol. The molecule has 1 N–H and O–H groups in total. The number of benzene rings is 2. The zero-order valence-corrected chi connectivity index (χ0v) is 19.5. The van der Waals surface area contributed by atoms with Crippen LogP contribution in [-0.2, 0) is 19.5 Å². The maximum atomic E-state index is 13.1. The molecule has 2 aromatic heterocycles. The average Bonchev–Trinajstić information content (AvgIpc) is 3.48. The molecule has 172 valence electrons. The summed E-state index contributed by atoms with van der Waals surface area (Å²) in [7, 11) is 0. The largest absolute Gasteiger partial charge is 0.328 e. The molecule has 0 aliphatic rings. The third-order valence-corrected chi connectivity index (χ3v) is 6.04. The summed E-state index contributed by atoms with van der Waals surface area (Å²) in [6.45, 7) is 5.76. The van der Waals surface area contributed by atoms with Crippen LogP contribution in [0.4, 0.5) is 0 Å². The summed E-state index contributed by atoms with van der Waals surface area (Å²) in [6.07, 6.45) is 8.55. The minimum absolute atomic E-state index is 0.101. The number of aromatic amines is 1. The molecule has 0 spiro atoms. The third kappa shape index (κ3) is 5.30. The Morgan fingerprint density at radius 3 is 2.36 bits per heavy atom. The number of aromatic nitrogens is 6. The monoisotopic (exact) mass is 444 g/mol. The normalized spacial score (nSPS) is 11.2. The first kappa shape index (κ1) is 22.7. The quantitative estimate of drug-likeness (QED) is 0.327. The van der Waals surface area contributed by atoms with Crippen LogP contribution in [-0.4, -0.2) is 29.8 Å². The van der Waals surface area contributed by atoms with Crippen LogP contribution in [0.2, 0.25) is 0 Å². The van der Waals surface area contributed by atoms with Crippen LogP contribution in [0, 0.1) is 0 Å². The number of H-pyrrole nitrogens is 1. The molecule has 4 rings (SSSR count). The molecule has 2 aromatic carbocycles. The lowest BCUT2D eigenvalue weighted by atomic mass is 9.98. The molecule has 0 aliphatic heterocycles. The van der Waals surface area contributed by atoms with E-state index in [0.29, 0.717) is 12.4 Å². The number of nitrogens with one attached hydrogen (secondary N) is 1. The molecule has 0 bridgehead atoms. The van der Waals surface area contributed by atoms with Crippen LogP contribution in [0.25, 0.3) is 22.5 Å². The summed E-state index contributed by atoms with van der Waals surface area (Å²) in [5.41, 5.74) is 5.40. The first-order valence-electron chi connectivity index (χ1n) is 11.9. The molecule has 0 atom stereocenters. The molecule has 33 heavy (non-hydrogen) atoms. The van der Waals surface area contributed by atoms with Crippen molar-refractivity contribution in [3.05, 3.63) is 76.5 Å². The van der Waals surface area contributed by atoms with E-state index in [1.807, 2.05) is 27.3 Å². The van der Waals surface area contributed by atoms with Gasteiger partial charge < -0.3 is 0 Å². The Labute approximate surface area is 194 Å². The molecular weight excluding hydrogens is 412 g/mol. The number of aryl methyl sites for hydroxylation is 2. The highest BCUT2D eigenvalue weighted by atomic mass is 16.1. The molecule has 0 amide bonds. The summed E-state index contributed by atoms with van der Waals surface area (Å²) < 4.78 is 3.85. The third-order valence-electron chi connectivity index (χ3n) is 6.04. The zero-order valence-electron chi connectivity index (χ0n) is 19.5. The molecule has 0 radical (unpaired) electrons. The van der Waals surface area contributed by atoms with Gasteiger partial charge in [0.2, 0.25) is 5.82 Å². The maximum Gasteiger partial charge on any atom is 0.328 e. The Hall–Kier alpha value is -3.48. The number of nitrogens with zero attached hydrogens (tertiary/aromatic N) is 5. The molecule has 7 nitrogen and oxygen atoms in total. The first-order valence-corrected chi connectivity index (χ1v) is 11.9. The molecule has 2 heterocycles. The highest BCUT2D eigenvalue weighted by molar-refractivity contribution is 5.80. The number of imidazole rings is 1. The summed E-state index contributed by atoms with van der Waals surface area (Å²) in [4.78, 5) is 13.1. The highest BCUT2D eigenvalue weighted by Crippen LogP contribution is 2.29. The summed E-state index contributed by atoms with van der Waals surface area (Å²) in [5.74, 6) is 0.575. The fraction of sp³-hybridized carbons (Fsp3) is 0.385. The van der Waals surface area contributed by atoms with Gasteiger partial charge in [0.1, 0.15) is 0 Å². The van der Waals surface area contributed by atoms with Crippen molar-refractivity contribution < 1.29 is 0 Å². The van der Waals surface area contributed by atoms with Gasteiger partial charge in [0.05, 0.1) is 6.54 Å². The van der Waals surface area contributed by atoms with Gasteiger partial charge in [-0.2, -0.15) is 5.21 Å². The van der Waals surface area contributed by atoms with Gasteiger partial charge in [-0.1, -0.05) is 81.6 Å². The molecule has 0 unspecified atom stereocenters. The van der Waals surface area contributed by atoms with Gasteiger partial charge in [-0.3, -0.25) is 9.13 Å². The molecule has 0 saturated carbocycles. The Kier molecular flexibility index (Phi) is 7.50. The molecule has 0 fully saturated rings. The smallest absolute Gasteiger partial charge is 0.299 e. The van der Waals surface area contributed by atoms with E-state index in [4.69, 9.17) is 0 Å². The molecule has 0 aliphatic carbocycles. The minimum Gasteiger partial charge on any atom is -0.299 e. The van der Waals surface area contributed by atoms with Crippen LogP contribution in [0.1, 0.15) is 57.2 Å². The standard InChI is InChI=1S/C26H32N6O/c1-3-5-9-17-31-19-22(10-6-4-2)32(26(31)33)18-20-13-15-21(16-14-20)23-11-7-8-12-24(23)25-27-29-30-28-25/h7-8,11-16,19H,3-6,9-10,17-18H2,1-2H3,(H,27,28,29,30). The van der Waals surface area contributed by atoms with Crippen molar-refractivity contribution in [1.29, 1.82) is 0 Å². The number of hydrogen-bond acceptors (Lipinski definition) is 4. The lowest BCUT2D eigenvalue weighted by molar-refractivity contribution is 0.573. The van der Waals surface area contributed by atoms with Crippen LogP contribution in [0.3, 0.4) is 0 Å². The highest BCUT2D eigenvalue weighted by Gasteiger charge is 2.13. The molecular formula is C26H32N6O. The van der Waals surface area contributed by atoms with E-state index in [2.05, 4.69) is 71.0 Å². The number of unbranched alkanes of at least 4 members (excludes halogenated alkanes) is 3. The van der Waals surface area contributed by atoms with Crippen LogP contribution < -0.4 is 5.69 Å². The predicted molar refractivity (Wildman–Crippen MR) is 131 cm³/mol. The lowest BCUT2D eigenvalue weighted by Gasteiger charge is -2.10. The van der Waals surface area contributed by atoms with Crippen LogP contribution in [0.5, 0.6) is 0 Å². The van der Waals surface area contributed by atoms with Crippen molar-refractivity contribution in [2.75, 3.05) is 0 Å². The van der Waals surface area contributed by atoms with E-state index >= 15 is 0 Å². The molecule has 7 heteroatoms. The van der Waals surface area contributed by atoms with E-state index in [0.717, 1.165) is 73.0 Å². The van der Waals surface area contributed by atoms with Crippen molar-refractivity contribution in [1.82, 2.24) is 29.8 Å². The zero-order chi connectivity index (χ0) is 23.0.